The lowest BCUT2D eigenvalue weighted by Gasteiger charge is -2.31. The second-order valence-corrected chi connectivity index (χ2v) is 5.96. The van der Waals surface area contributed by atoms with Gasteiger partial charge in [-0.3, -0.25) is 14.9 Å². The lowest BCUT2D eigenvalue weighted by Crippen LogP contribution is -2.52. The molecule has 3 N–H and O–H groups in total. The molecule has 0 aliphatic rings. The van der Waals surface area contributed by atoms with Crippen LogP contribution in [0.4, 0.5) is 5.69 Å². The fraction of sp³-hybridized carbons (Fsp3) is 0.533. The summed E-state index contributed by atoms with van der Waals surface area (Å²) in [5, 5.41) is 13.8. The summed E-state index contributed by atoms with van der Waals surface area (Å²) in [5.41, 5.74) is 5.36. The van der Waals surface area contributed by atoms with Gasteiger partial charge < -0.3 is 15.8 Å². The number of hydrogen-bond donors (Lipinski definition) is 2. The van der Waals surface area contributed by atoms with E-state index in [9.17, 15) is 14.9 Å². The van der Waals surface area contributed by atoms with Gasteiger partial charge in [0.2, 0.25) is 0 Å². The average molecular weight is 346 g/mol. The Bertz CT molecular complexity index is 566. The number of nitro benzene ring substituents is 1. The minimum atomic E-state index is -0.552. The highest BCUT2D eigenvalue weighted by atomic mass is 35.5. The molecule has 23 heavy (non-hydrogen) atoms. The number of amides is 1. The molecule has 130 valence electrons. The zero-order valence-corrected chi connectivity index (χ0v) is 14.6. The molecule has 1 unspecified atom stereocenters. The fourth-order valence-corrected chi connectivity index (χ4v) is 2.40. The number of benzene rings is 1. The first kappa shape index (κ1) is 21.1. The molecule has 1 aromatic rings. The number of carbonyl (C=O) groups is 1. The average Bonchev–Trinajstić information content (AvgIpc) is 2.45. The minimum Gasteiger partial charge on any atom is -0.490 e. The summed E-state index contributed by atoms with van der Waals surface area (Å²) in [6, 6.07) is 4.03. The molecule has 0 saturated heterocycles. The molecule has 0 radical (unpaired) electrons. The first-order valence-corrected chi connectivity index (χ1v) is 7.07. The first-order chi connectivity index (χ1) is 10.2. The van der Waals surface area contributed by atoms with E-state index >= 15 is 0 Å². The number of methoxy groups -OCH3 is 1. The van der Waals surface area contributed by atoms with Crippen LogP contribution in [0.15, 0.2) is 18.2 Å². The van der Waals surface area contributed by atoms with E-state index in [1.54, 1.807) is 0 Å². The van der Waals surface area contributed by atoms with Crippen molar-refractivity contribution in [3.63, 3.8) is 0 Å². The van der Waals surface area contributed by atoms with E-state index in [1.807, 2.05) is 6.92 Å². The predicted octanol–water partition coefficient (Wildman–Crippen LogP) is 2.52. The van der Waals surface area contributed by atoms with Crippen molar-refractivity contribution >= 4 is 24.0 Å². The van der Waals surface area contributed by atoms with Gasteiger partial charge in [0.05, 0.1) is 12.0 Å². The summed E-state index contributed by atoms with van der Waals surface area (Å²) in [7, 11) is 1.33. The maximum atomic E-state index is 12.4. The van der Waals surface area contributed by atoms with E-state index in [0.29, 0.717) is 18.0 Å². The van der Waals surface area contributed by atoms with Crippen molar-refractivity contribution in [3.8, 4) is 5.75 Å². The summed E-state index contributed by atoms with van der Waals surface area (Å²) < 4.78 is 4.97. The Morgan fingerprint density at radius 3 is 2.52 bits per heavy atom. The molecule has 1 rings (SSSR count). The summed E-state index contributed by atoms with van der Waals surface area (Å²) >= 11 is 0. The quantitative estimate of drug-likeness (QED) is 0.583. The van der Waals surface area contributed by atoms with Gasteiger partial charge in [0.1, 0.15) is 0 Å². The van der Waals surface area contributed by atoms with Gasteiger partial charge in [-0.2, -0.15) is 0 Å². The van der Waals surface area contributed by atoms with Gasteiger partial charge in [0.15, 0.2) is 5.75 Å². The van der Waals surface area contributed by atoms with Crippen molar-refractivity contribution in [1.29, 1.82) is 0 Å². The highest BCUT2D eigenvalue weighted by Crippen LogP contribution is 2.27. The normalized spacial score (nSPS) is 13.0. The molecule has 7 nitrogen and oxygen atoms in total. The number of carbonyl (C=O) groups excluding carboxylic acids is 1. The van der Waals surface area contributed by atoms with Crippen molar-refractivity contribution in [2.45, 2.75) is 32.7 Å². The van der Waals surface area contributed by atoms with Crippen LogP contribution in [0.3, 0.4) is 0 Å². The highest BCUT2D eigenvalue weighted by Gasteiger charge is 2.27. The zero-order chi connectivity index (χ0) is 16.9. The van der Waals surface area contributed by atoms with Gasteiger partial charge in [-0.1, -0.05) is 13.8 Å². The number of halogens is 1. The van der Waals surface area contributed by atoms with Gasteiger partial charge in [-0.25, -0.2) is 0 Å². The smallest absolute Gasteiger partial charge is 0.310 e. The van der Waals surface area contributed by atoms with Crippen molar-refractivity contribution in [1.82, 2.24) is 5.32 Å². The third-order valence-corrected chi connectivity index (χ3v) is 3.36. The molecule has 0 aliphatic carbocycles. The van der Waals surface area contributed by atoms with E-state index in [2.05, 4.69) is 19.2 Å². The van der Waals surface area contributed by atoms with E-state index in [1.165, 1.54) is 25.3 Å². The Balaban J connectivity index is 0.00000484. The second kappa shape index (κ2) is 8.69. The Morgan fingerprint density at radius 1 is 1.48 bits per heavy atom. The highest BCUT2D eigenvalue weighted by molar-refractivity contribution is 5.95. The van der Waals surface area contributed by atoms with E-state index in [0.717, 1.165) is 6.42 Å². The summed E-state index contributed by atoms with van der Waals surface area (Å²) in [6.45, 7) is 6.29. The maximum Gasteiger partial charge on any atom is 0.310 e. The van der Waals surface area contributed by atoms with Crippen LogP contribution in [-0.2, 0) is 0 Å². The molecular weight excluding hydrogens is 322 g/mol. The third-order valence-electron chi connectivity index (χ3n) is 3.36. The van der Waals surface area contributed by atoms with Crippen molar-refractivity contribution < 1.29 is 14.5 Å². The number of nitro groups is 1. The van der Waals surface area contributed by atoms with Crippen LogP contribution in [0.25, 0.3) is 0 Å². The predicted molar refractivity (Wildman–Crippen MR) is 91.3 cm³/mol. The van der Waals surface area contributed by atoms with Gasteiger partial charge in [0, 0.05) is 29.8 Å². The van der Waals surface area contributed by atoms with E-state index in [-0.39, 0.29) is 29.8 Å². The number of nitrogens with zero attached hydrogens (tertiary/aromatic N) is 1. The van der Waals surface area contributed by atoms with Gasteiger partial charge >= 0.3 is 5.69 Å². The third kappa shape index (κ3) is 5.69. The lowest BCUT2D eigenvalue weighted by molar-refractivity contribution is -0.385. The Labute approximate surface area is 142 Å². The molecule has 0 aliphatic heterocycles. The summed E-state index contributed by atoms with van der Waals surface area (Å²) in [6.07, 6.45) is 0.735. The molecule has 1 aromatic carbocycles. The first-order valence-electron chi connectivity index (χ1n) is 7.07. The molecular formula is C15H24ClN3O4. The lowest BCUT2D eigenvalue weighted by atomic mass is 9.90. The van der Waals surface area contributed by atoms with Crippen LogP contribution in [0.2, 0.25) is 0 Å². The standard InChI is InChI=1S/C15H23N3O4.ClH/c1-10(2)8-15(3,9-16)17-14(19)11-5-6-12(18(20)21)13(7-11)22-4;/h5-7,10H,8-9,16H2,1-4H3,(H,17,19);1H. The number of nitrogens with one attached hydrogen (secondary N) is 1. The monoisotopic (exact) mass is 345 g/mol. The van der Waals surface area contributed by atoms with Crippen LogP contribution in [-0.4, -0.2) is 30.0 Å². The van der Waals surface area contributed by atoms with Crippen molar-refractivity contribution in [2.75, 3.05) is 13.7 Å². The number of hydrogen-bond acceptors (Lipinski definition) is 5. The number of ether oxygens (including phenoxy) is 1. The molecule has 0 heterocycles. The topological polar surface area (TPSA) is 107 Å². The Hall–Kier alpha value is -1.86. The molecule has 0 fully saturated rings. The minimum absolute atomic E-state index is 0. The SMILES string of the molecule is COc1cc(C(=O)NC(C)(CN)CC(C)C)ccc1[N+](=O)[O-].Cl. The number of nitrogens with two attached hydrogens (primary N) is 1. The molecule has 1 amide bonds. The Kier molecular flexibility index (Phi) is 7.99. The number of rotatable bonds is 7. The van der Waals surface area contributed by atoms with Crippen LogP contribution in [0, 0.1) is 16.0 Å². The molecule has 8 heteroatoms. The van der Waals surface area contributed by atoms with Crippen LogP contribution in [0.1, 0.15) is 37.6 Å². The van der Waals surface area contributed by atoms with Gasteiger partial charge in [0.25, 0.3) is 5.91 Å². The zero-order valence-electron chi connectivity index (χ0n) is 13.8. The Morgan fingerprint density at radius 2 is 2.09 bits per heavy atom. The van der Waals surface area contributed by atoms with E-state index in [4.69, 9.17) is 10.5 Å². The molecule has 0 saturated carbocycles. The van der Waals surface area contributed by atoms with Gasteiger partial charge in [-0.15, -0.1) is 12.4 Å². The van der Waals surface area contributed by atoms with E-state index < -0.39 is 10.5 Å². The van der Waals surface area contributed by atoms with Crippen LogP contribution in [0.5, 0.6) is 5.75 Å². The molecule has 1 atom stereocenters. The van der Waals surface area contributed by atoms with Crippen LogP contribution >= 0.6 is 12.4 Å². The fourth-order valence-electron chi connectivity index (χ4n) is 2.40. The molecule has 0 bridgehead atoms. The van der Waals surface area contributed by atoms with Crippen LogP contribution < -0.4 is 15.8 Å². The molecule has 0 spiro atoms. The second-order valence-electron chi connectivity index (χ2n) is 5.96. The summed E-state index contributed by atoms with van der Waals surface area (Å²) in [4.78, 5) is 22.7. The largest absolute Gasteiger partial charge is 0.490 e. The maximum absolute atomic E-state index is 12.4. The van der Waals surface area contributed by atoms with Crippen molar-refractivity contribution in [3.05, 3.63) is 33.9 Å². The molecule has 0 aromatic heterocycles. The van der Waals surface area contributed by atoms with Gasteiger partial charge in [-0.05, 0) is 25.3 Å². The summed E-state index contributed by atoms with van der Waals surface area (Å²) in [5.74, 6) is 0.0954. The van der Waals surface area contributed by atoms with Crippen molar-refractivity contribution in [2.24, 2.45) is 11.7 Å².